The van der Waals surface area contributed by atoms with E-state index in [9.17, 15) is 0 Å². The molecule has 0 nitrogen and oxygen atoms in total. The first-order valence-corrected chi connectivity index (χ1v) is 18.8. The first kappa shape index (κ1) is 29.4. The monoisotopic (exact) mass is 672 g/mol. The second-order valence-corrected chi connectivity index (χ2v) is 15.5. The second-order valence-electron chi connectivity index (χ2n) is 13.4. The summed E-state index contributed by atoms with van der Waals surface area (Å²) in [5.41, 5.74) is 10.3. The van der Waals surface area contributed by atoms with Gasteiger partial charge in [0.25, 0.3) is 0 Å². The minimum Gasteiger partial charge on any atom is -0.134 e. The summed E-state index contributed by atoms with van der Waals surface area (Å²) in [6.07, 6.45) is 0. The maximum atomic E-state index is 2.46. The van der Waals surface area contributed by atoms with Crippen molar-refractivity contribution >= 4 is 75.2 Å². The van der Waals surface area contributed by atoms with E-state index < -0.39 is 0 Å². The van der Waals surface area contributed by atoms with Gasteiger partial charge in [0, 0.05) is 52.2 Å². The molecule has 10 rings (SSSR count). The van der Waals surface area contributed by atoms with Crippen LogP contribution in [0.1, 0.15) is 11.1 Å². The minimum atomic E-state index is 1.26. The fourth-order valence-electron chi connectivity index (χ4n) is 7.81. The Balaban J connectivity index is 1.40. The number of aryl methyl sites for hydroxylation is 2. The summed E-state index contributed by atoms with van der Waals surface area (Å²) in [7, 11) is 0. The van der Waals surface area contributed by atoms with E-state index in [2.05, 4.69) is 172 Å². The molecule has 2 heteroatoms. The fraction of sp³-hybridized carbons (Fsp3) is 0.0417. The predicted octanol–water partition coefficient (Wildman–Crippen LogP) is 14.9. The summed E-state index contributed by atoms with van der Waals surface area (Å²) >= 11 is 3.84. The summed E-state index contributed by atoms with van der Waals surface area (Å²) in [6, 6.07) is 58.9. The molecule has 0 atom stereocenters. The molecule has 0 bridgehead atoms. The maximum absolute atomic E-state index is 2.46. The van der Waals surface area contributed by atoms with E-state index in [1.807, 2.05) is 22.7 Å². The van der Waals surface area contributed by atoms with Crippen LogP contribution in [0.15, 0.2) is 158 Å². The van der Waals surface area contributed by atoms with Crippen LogP contribution in [0, 0.1) is 13.8 Å². The first-order chi connectivity index (χ1) is 24.6. The van der Waals surface area contributed by atoms with Gasteiger partial charge in [-0.3, -0.25) is 0 Å². The molecule has 0 N–H and O–H groups in total. The average Bonchev–Trinajstić information content (AvgIpc) is 3.72. The zero-order chi connectivity index (χ0) is 33.3. The molecule has 0 aliphatic carbocycles. The van der Waals surface area contributed by atoms with Gasteiger partial charge in [-0.1, -0.05) is 145 Å². The summed E-state index contributed by atoms with van der Waals surface area (Å²) in [6.45, 7) is 4.33. The van der Waals surface area contributed by atoms with E-state index in [1.165, 1.54) is 107 Å². The molecule has 0 saturated heterocycles. The van der Waals surface area contributed by atoms with Crippen molar-refractivity contribution in [3.8, 4) is 43.1 Å². The third-order valence-corrected chi connectivity index (χ3v) is 12.6. The third-order valence-electron chi connectivity index (χ3n) is 10.2. The molecule has 0 fully saturated rings. The Bertz CT molecular complexity index is 2720. The van der Waals surface area contributed by atoms with Crippen LogP contribution in [0.2, 0.25) is 0 Å². The Labute approximate surface area is 299 Å². The third kappa shape index (κ3) is 4.56. The summed E-state index contributed by atoms with van der Waals surface area (Å²) in [5.74, 6) is 0. The van der Waals surface area contributed by atoms with Gasteiger partial charge in [0.1, 0.15) is 0 Å². The van der Waals surface area contributed by atoms with E-state index >= 15 is 0 Å². The van der Waals surface area contributed by atoms with Crippen LogP contribution in [-0.4, -0.2) is 0 Å². The standard InChI is InChI=1S/C48H32S2/c1-29-19-23-31(24-20-29)43-37-15-7-9-17-41(37)49-47(43)45-35-13-5-6-14-36(35)46(40-28-34-12-4-3-11-33(34)27-39(40)45)48-44(32-25-21-30(2)22-26-32)38-16-8-10-18-42(38)50-48/h3-28H,1-2H3. The van der Waals surface area contributed by atoms with Gasteiger partial charge in [-0.25, -0.2) is 0 Å². The number of hydrogen-bond donors (Lipinski definition) is 0. The number of rotatable bonds is 4. The van der Waals surface area contributed by atoms with Crippen molar-refractivity contribution in [3.63, 3.8) is 0 Å². The van der Waals surface area contributed by atoms with Crippen LogP contribution in [0.25, 0.3) is 95.6 Å². The molecule has 0 aliphatic heterocycles. The quantitative estimate of drug-likeness (QED) is 0.163. The van der Waals surface area contributed by atoms with Crippen LogP contribution < -0.4 is 0 Å². The van der Waals surface area contributed by atoms with Crippen molar-refractivity contribution in [2.75, 3.05) is 0 Å². The summed E-state index contributed by atoms with van der Waals surface area (Å²) in [4.78, 5) is 2.65. The van der Waals surface area contributed by atoms with Gasteiger partial charge in [0.2, 0.25) is 0 Å². The Kier molecular flexibility index (Phi) is 6.77. The van der Waals surface area contributed by atoms with E-state index in [0.717, 1.165) is 0 Å². The molecule has 0 radical (unpaired) electrons. The molecular weight excluding hydrogens is 641 g/mol. The van der Waals surface area contributed by atoms with E-state index in [0.29, 0.717) is 0 Å². The van der Waals surface area contributed by atoms with Gasteiger partial charge < -0.3 is 0 Å². The second kappa shape index (κ2) is 11.5. The van der Waals surface area contributed by atoms with Gasteiger partial charge in [-0.15, -0.1) is 22.7 Å². The van der Waals surface area contributed by atoms with Crippen LogP contribution in [-0.2, 0) is 0 Å². The molecule has 0 amide bonds. The van der Waals surface area contributed by atoms with Crippen molar-refractivity contribution < 1.29 is 0 Å². The number of thiophene rings is 2. The van der Waals surface area contributed by atoms with Crippen LogP contribution >= 0.6 is 22.7 Å². The highest BCUT2D eigenvalue weighted by molar-refractivity contribution is 7.23. The fourth-order valence-corrected chi connectivity index (χ4v) is 10.4. The van der Waals surface area contributed by atoms with E-state index in [1.54, 1.807) is 0 Å². The van der Waals surface area contributed by atoms with E-state index in [4.69, 9.17) is 0 Å². The molecule has 8 aromatic carbocycles. The van der Waals surface area contributed by atoms with Gasteiger partial charge >= 0.3 is 0 Å². The Morgan fingerprint density at radius 1 is 0.320 bits per heavy atom. The number of hydrogen-bond acceptors (Lipinski definition) is 2. The molecule has 10 aromatic rings. The molecule has 0 saturated carbocycles. The minimum absolute atomic E-state index is 1.26. The van der Waals surface area contributed by atoms with Gasteiger partial charge in [-0.05, 0) is 81.6 Å². The average molecular weight is 673 g/mol. The van der Waals surface area contributed by atoms with Gasteiger partial charge in [0.15, 0.2) is 0 Å². The lowest BCUT2D eigenvalue weighted by Gasteiger charge is -2.19. The highest BCUT2D eigenvalue weighted by atomic mass is 32.1. The van der Waals surface area contributed by atoms with Gasteiger partial charge in [0.05, 0.1) is 0 Å². The first-order valence-electron chi connectivity index (χ1n) is 17.2. The lowest BCUT2D eigenvalue weighted by molar-refractivity contribution is 1.47. The molecular formula is C48H32S2. The molecule has 236 valence electrons. The lowest BCUT2D eigenvalue weighted by Crippen LogP contribution is -1.92. The smallest absolute Gasteiger partial charge is 0.0446 e. The highest BCUT2D eigenvalue weighted by Gasteiger charge is 2.25. The summed E-state index contributed by atoms with van der Waals surface area (Å²) in [5, 5.41) is 10.3. The van der Waals surface area contributed by atoms with Crippen molar-refractivity contribution in [2.24, 2.45) is 0 Å². The molecule has 0 unspecified atom stereocenters. The van der Waals surface area contributed by atoms with Crippen molar-refractivity contribution in [3.05, 3.63) is 169 Å². The van der Waals surface area contributed by atoms with Gasteiger partial charge in [-0.2, -0.15) is 0 Å². The van der Waals surface area contributed by atoms with Crippen LogP contribution in [0.3, 0.4) is 0 Å². The zero-order valence-corrected chi connectivity index (χ0v) is 29.5. The normalized spacial score (nSPS) is 11.8. The number of fused-ring (bicyclic) bond motifs is 5. The highest BCUT2D eigenvalue weighted by Crippen LogP contribution is 2.54. The zero-order valence-electron chi connectivity index (χ0n) is 27.8. The Morgan fingerprint density at radius 3 is 1.10 bits per heavy atom. The topological polar surface area (TPSA) is 0 Å². The molecule has 50 heavy (non-hydrogen) atoms. The number of benzene rings is 8. The molecule has 0 aliphatic rings. The molecule has 2 aromatic heterocycles. The Morgan fingerprint density at radius 2 is 0.680 bits per heavy atom. The maximum Gasteiger partial charge on any atom is 0.0446 e. The largest absolute Gasteiger partial charge is 0.134 e. The van der Waals surface area contributed by atoms with Crippen LogP contribution in [0.4, 0.5) is 0 Å². The van der Waals surface area contributed by atoms with Crippen LogP contribution in [0.5, 0.6) is 0 Å². The Hall–Kier alpha value is -5.54. The van der Waals surface area contributed by atoms with Crippen molar-refractivity contribution in [1.82, 2.24) is 0 Å². The summed E-state index contributed by atoms with van der Waals surface area (Å²) < 4.78 is 2.62. The SMILES string of the molecule is Cc1ccc(-c2c(-c3c4ccccc4c(-c4sc5ccccc5c4-c4ccc(C)cc4)c4cc5ccccc5cc34)sc3ccccc23)cc1. The molecule has 0 spiro atoms. The van der Waals surface area contributed by atoms with Crippen molar-refractivity contribution in [1.29, 1.82) is 0 Å². The van der Waals surface area contributed by atoms with E-state index in [-0.39, 0.29) is 0 Å². The lowest BCUT2D eigenvalue weighted by atomic mass is 9.85. The van der Waals surface area contributed by atoms with Crippen molar-refractivity contribution in [2.45, 2.75) is 13.8 Å². The molecule has 2 heterocycles. The predicted molar refractivity (Wildman–Crippen MR) is 221 cm³/mol.